The molecule has 1 N–H and O–H groups in total. The first-order valence-electron chi connectivity index (χ1n) is 5.92. The molecular weight excluding hydrogens is 424 g/mol. The van der Waals surface area contributed by atoms with E-state index < -0.39 is 0 Å². The monoisotopic (exact) mass is 434 g/mol. The zero-order chi connectivity index (χ0) is 13.1. The van der Waals surface area contributed by atoms with Gasteiger partial charge >= 0.3 is 0 Å². The lowest BCUT2D eigenvalue weighted by Gasteiger charge is -2.29. The number of hydrogen-bond donors (Lipinski definition) is 1. The highest BCUT2D eigenvalue weighted by molar-refractivity contribution is 9.11. The van der Waals surface area contributed by atoms with Gasteiger partial charge in [0.2, 0.25) is 0 Å². The Morgan fingerprint density at radius 1 is 1.11 bits per heavy atom. The molecular formula is C13H13Br3N2. The smallest absolute Gasteiger partial charge is 0.0677 e. The van der Waals surface area contributed by atoms with Gasteiger partial charge in [0.15, 0.2) is 0 Å². The highest BCUT2D eigenvalue weighted by atomic mass is 79.9. The molecule has 0 saturated heterocycles. The van der Waals surface area contributed by atoms with Crippen LogP contribution in [0.3, 0.4) is 0 Å². The topological polar surface area (TPSA) is 35.8 Å². The van der Waals surface area contributed by atoms with Crippen molar-refractivity contribution >= 4 is 53.5 Å². The van der Waals surface area contributed by atoms with Gasteiger partial charge in [-0.05, 0) is 56.8 Å². The lowest BCUT2D eigenvalue weighted by molar-refractivity contribution is 0.388. The van der Waals surface area contributed by atoms with Gasteiger partial charge in [-0.1, -0.05) is 28.8 Å². The van der Waals surface area contributed by atoms with Gasteiger partial charge in [-0.3, -0.25) is 0 Å². The molecule has 2 rings (SSSR count). The molecule has 0 spiro atoms. The van der Waals surface area contributed by atoms with Crippen LogP contribution in [0.25, 0.3) is 0 Å². The van der Waals surface area contributed by atoms with E-state index in [9.17, 15) is 5.26 Å². The Kier molecular flexibility index (Phi) is 5.11. The van der Waals surface area contributed by atoms with E-state index in [1.54, 1.807) is 0 Å². The molecule has 0 amide bonds. The van der Waals surface area contributed by atoms with Crippen LogP contribution in [0.2, 0.25) is 0 Å². The van der Waals surface area contributed by atoms with E-state index in [2.05, 4.69) is 59.2 Å². The highest BCUT2D eigenvalue weighted by Crippen LogP contribution is 2.37. The normalized spacial score (nSPS) is 23.4. The predicted molar refractivity (Wildman–Crippen MR) is 84.5 cm³/mol. The molecule has 1 fully saturated rings. The predicted octanol–water partition coefficient (Wildman–Crippen LogP) is 5.47. The zero-order valence-corrected chi connectivity index (χ0v) is 14.5. The minimum atomic E-state index is 0.112. The summed E-state index contributed by atoms with van der Waals surface area (Å²) < 4.78 is 3.03. The van der Waals surface area contributed by atoms with Crippen LogP contribution >= 0.6 is 47.8 Å². The number of nitriles is 1. The van der Waals surface area contributed by atoms with Crippen LogP contribution in [0.4, 0.5) is 5.69 Å². The van der Waals surface area contributed by atoms with E-state index in [1.165, 1.54) is 12.8 Å². The van der Waals surface area contributed by atoms with E-state index in [0.717, 1.165) is 31.9 Å². The summed E-state index contributed by atoms with van der Waals surface area (Å²) in [6.45, 7) is 0. The molecule has 1 aliphatic carbocycles. The van der Waals surface area contributed by atoms with Crippen molar-refractivity contribution in [3.05, 3.63) is 25.6 Å². The third-order valence-corrected chi connectivity index (χ3v) is 4.98. The SMILES string of the molecule is N#CC1CCCCC1Nc1c(Br)cc(Br)cc1Br. The third-order valence-electron chi connectivity index (χ3n) is 3.27. The van der Waals surface area contributed by atoms with Crippen LogP contribution in [0.1, 0.15) is 25.7 Å². The van der Waals surface area contributed by atoms with Crippen molar-refractivity contribution in [2.45, 2.75) is 31.7 Å². The maximum atomic E-state index is 9.20. The van der Waals surface area contributed by atoms with E-state index in [4.69, 9.17) is 0 Å². The summed E-state index contributed by atoms with van der Waals surface area (Å²) in [5.74, 6) is 0.112. The summed E-state index contributed by atoms with van der Waals surface area (Å²) in [4.78, 5) is 0. The average molecular weight is 437 g/mol. The van der Waals surface area contributed by atoms with Gasteiger partial charge in [-0.25, -0.2) is 0 Å². The molecule has 1 saturated carbocycles. The Hall–Kier alpha value is -0.0500. The second-order valence-electron chi connectivity index (χ2n) is 4.52. The molecule has 0 aliphatic heterocycles. The molecule has 2 nitrogen and oxygen atoms in total. The van der Waals surface area contributed by atoms with Crippen LogP contribution in [-0.2, 0) is 0 Å². The second-order valence-corrected chi connectivity index (χ2v) is 7.14. The maximum Gasteiger partial charge on any atom is 0.0677 e. The van der Waals surface area contributed by atoms with Crippen LogP contribution in [-0.4, -0.2) is 6.04 Å². The number of benzene rings is 1. The van der Waals surface area contributed by atoms with E-state index in [0.29, 0.717) is 0 Å². The molecule has 5 heteroatoms. The average Bonchev–Trinajstić information content (AvgIpc) is 2.34. The van der Waals surface area contributed by atoms with Gasteiger partial charge in [0.1, 0.15) is 0 Å². The summed E-state index contributed by atoms with van der Waals surface area (Å²) in [5.41, 5.74) is 1.03. The third kappa shape index (κ3) is 3.28. The minimum absolute atomic E-state index is 0.112. The molecule has 1 aromatic rings. The fraction of sp³-hybridized carbons (Fsp3) is 0.462. The first-order chi connectivity index (χ1) is 8.61. The molecule has 0 aromatic heterocycles. The van der Waals surface area contributed by atoms with Crippen LogP contribution in [0.5, 0.6) is 0 Å². The molecule has 2 atom stereocenters. The number of rotatable bonds is 2. The fourth-order valence-electron chi connectivity index (χ4n) is 2.32. The first-order valence-corrected chi connectivity index (χ1v) is 8.30. The van der Waals surface area contributed by atoms with Crippen molar-refractivity contribution in [1.82, 2.24) is 0 Å². The van der Waals surface area contributed by atoms with E-state index >= 15 is 0 Å². The Morgan fingerprint density at radius 2 is 1.72 bits per heavy atom. The number of hydrogen-bond acceptors (Lipinski definition) is 2. The summed E-state index contributed by atoms with van der Waals surface area (Å²) in [7, 11) is 0. The minimum Gasteiger partial charge on any atom is -0.379 e. The van der Waals surface area contributed by atoms with Gasteiger partial charge < -0.3 is 5.32 Å². The largest absolute Gasteiger partial charge is 0.379 e. The molecule has 1 aromatic carbocycles. The summed E-state index contributed by atoms with van der Waals surface area (Å²) in [5, 5.41) is 12.7. The number of nitrogens with one attached hydrogen (secondary N) is 1. The van der Waals surface area contributed by atoms with Gasteiger partial charge in [0, 0.05) is 19.5 Å². The lowest BCUT2D eigenvalue weighted by Crippen LogP contribution is -2.31. The van der Waals surface area contributed by atoms with Crippen molar-refractivity contribution in [3.63, 3.8) is 0 Å². The van der Waals surface area contributed by atoms with E-state index in [-0.39, 0.29) is 12.0 Å². The Balaban J connectivity index is 2.21. The molecule has 0 heterocycles. The zero-order valence-electron chi connectivity index (χ0n) is 9.72. The molecule has 96 valence electrons. The Labute approximate surface area is 133 Å². The maximum absolute atomic E-state index is 9.20. The summed E-state index contributed by atoms with van der Waals surface area (Å²) in [6.07, 6.45) is 4.42. The standard InChI is InChI=1S/C13H13Br3N2/c14-9-5-10(15)13(11(16)6-9)18-12-4-2-1-3-8(12)7-17/h5-6,8,12,18H,1-4H2. The molecule has 0 radical (unpaired) electrons. The van der Waals surface area contributed by atoms with Crippen LogP contribution in [0, 0.1) is 17.2 Å². The van der Waals surface area contributed by atoms with Crippen molar-refractivity contribution in [2.24, 2.45) is 5.92 Å². The number of halogens is 3. The second kappa shape index (κ2) is 6.40. The van der Waals surface area contributed by atoms with Gasteiger partial charge in [0.25, 0.3) is 0 Å². The summed E-state index contributed by atoms with van der Waals surface area (Å²) in [6, 6.07) is 6.69. The van der Waals surface area contributed by atoms with Crippen molar-refractivity contribution in [2.75, 3.05) is 5.32 Å². The van der Waals surface area contributed by atoms with Crippen molar-refractivity contribution in [1.29, 1.82) is 5.26 Å². The molecule has 0 bridgehead atoms. The van der Waals surface area contributed by atoms with Gasteiger partial charge in [-0.2, -0.15) is 5.26 Å². The number of anilines is 1. The lowest BCUT2D eigenvalue weighted by atomic mass is 9.85. The first kappa shape index (κ1) is 14.4. The van der Waals surface area contributed by atoms with Crippen molar-refractivity contribution in [3.8, 4) is 6.07 Å². The molecule has 1 aliphatic rings. The van der Waals surface area contributed by atoms with Crippen LogP contribution in [0.15, 0.2) is 25.6 Å². The fourth-order valence-corrected chi connectivity index (χ4v) is 4.81. The summed E-state index contributed by atoms with van der Waals surface area (Å²) >= 11 is 10.6. The quantitative estimate of drug-likeness (QED) is 0.667. The van der Waals surface area contributed by atoms with E-state index in [1.807, 2.05) is 12.1 Å². The Morgan fingerprint density at radius 3 is 2.33 bits per heavy atom. The highest BCUT2D eigenvalue weighted by Gasteiger charge is 2.25. The van der Waals surface area contributed by atoms with Crippen molar-refractivity contribution < 1.29 is 0 Å². The van der Waals surface area contributed by atoms with Crippen LogP contribution < -0.4 is 5.32 Å². The number of nitrogens with zero attached hydrogens (tertiary/aromatic N) is 1. The molecule has 18 heavy (non-hydrogen) atoms. The van der Waals surface area contributed by atoms with Gasteiger partial charge in [-0.15, -0.1) is 0 Å². The Bertz CT molecular complexity index is 459. The molecule has 2 unspecified atom stereocenters. The van der Waals surface area contributed by atoms with Gasteiger partial charge in [0.05, 0.1) is 17.7 Å².